The zero-order valence-electron chi connectivity index (χ0n) is 15.6. The molecule has 0 saturated carbocycles. The van der Waals surface area contributed by atoms with Crippen molar-refractivity contribution in [3.63, 3.8) is 0 Å². The van der Waals surface area contributed by atoms with E-state index in [-0.39, 0.29) is 23.6 Å². The number of rotatable bonds is 8. The molecule has 1 aliphatic rings. The molecule has 2 rings (SSSR count). The number of nitrogens with one attached hydrogen (secondary N) is 1. The summed E-state index contributed by atoms with van der Waals surface area (Å²) in [4.78, 5) is 12.6. The van der Waals surface area contributed by atoms with Crippen LogP contribution in [0.15, 0.2) is 28.7 Å². The van der Waals surface area contributed by atoms with E-state index in [1.165, 1.54) is 9.87 Å². The Morgan fingerprint density at radius 1 is 1.35 bits per heavy atom. The second-order valence-electron chi connectivity index (χ2n) is 7.09. The lowest BCUT2D eigenvalue weighted by Crippen LogP contribution is -2.47. The number of hydrogen-bond acceptors (Lipinski definition) is 3. The molecule has 1 aliphatic heterocycles. The summed E-state index contributed by atoms with van der Waals surface area (Å²) in [6, 6.07) is 8.26. The lowest BCUT2D eigenvalue weighted by atomic mass is 9.98. The zero-order valence-corrected chi connectivity index (χ0v) is 18.0. The molecule has 146 valence electrons. The Morgan fingerprint density at radius 3 is 2.69 bits per heavy atom. The molecule has 2 unspecified atom stereocenters. The number of benzene rings is 1. The minimum atomic E-state index is -3.23. The molecular formula is C19H29BrN2O3S. The van der Waals surface area contributed by atoms with Gasteiger partial charge in [0.15, 0.2) is 0 Å². The van der Waals surface area contributed by atoms with Gasteiger partial charge in [0.2, 0.25) is 15.9 Å². The van der Waals surface area contributed by atoms with Gasteiger partial charge in [0.05, 0.1) is 11.7 Å². The smallest absolute Gasteiger partial charge is 0.224 e. The maximum absolute atomic E-state index is 12.6. The van der Waals surface area contributed by atoms with Crippen molar-refractivity contribution in [3.8, 4) is 0 Å². The maximum atomic E-state index is 12.6. The van der Waals surface area contributed by atoms with Gasteiger partial charge in [-0.25, -0.2) is 12.7 Å². The first kappa shape index (κ1) is 21.4. The van der Waals surface area contributed by atoms with Gasteiger partial charge in [0.25, 0.3) is 0 Å². The molecule has 1 aromatic rings. The highest BCUT2D eigenvalue weighted by Crippen LogP contribution is 2.20. The van der Waals surface area contributed by atoms with Crippen LogP contribution < -0.4 is 5.32 Å². The van der Waals surface area contributed by atoms with Crippen LogP contribution in [0, 0.1) is 5.92 Å². The molecule has 0 aliphatic carbocycles. The van der Waals surface area contributed by atoms with Gasteiger partial charge >= 0.3 is 0 Å². The van der Waals surface area contributed by atoms with Gasteiger partial charge in [0.1, 0.15) is 0 Å². The molecule has 1 fully saturated rings. The molecule has 0 bridgehead atoms. The minimum absolute atomic E-state index is 0.0234. The highest BCUT2D eigenvalue weighted by atomic mass is 79.9. The summed E-state index contributed by atoms with van der Waals surface area (Å²) >= 11 is 3.43. The molecule has 1 heterocycles. The number of carbonyl (C=O) groups is 1. The van der Waals surface area contributed by atoms with E-state index in [9.17, 15) is 13.2 Å². The molecule has 2 atom stereocenters. The van der Waals surface area contributed by atoms with E-state index in [2.05, 4.69) is 33.4 Å². The molecule has 1 amide bonds. The summed E-state index contributed by atoms with van der Waals surface area (Å²) in [6.07, 6.45) is 3.86. The topological polar surface area (TPSA) is 66.5 Å². The van der Waals surface area contributed by atoms with Gasteiger partial charge in [-0.2, -0.15) is 0 Å². The summed E-state index contributed by atoms with van der Waals surface area (Å²) in [5.74, 6) is -0.111. The van der Waals surface area contributed by atoms with Crippen LogP contribution in [0.2, 0.25) is 0 Å². The normalized spacial score (nSPS) is 19.9. The number of nitrogens with zero attached hydrogens (tertiary/aromatic N) is 1. The Morgan fingerprint density at radius 2 is 2.04 bits per heavy atom. The monoisotopic (exact) mass is 444 g/mol. The number of hydrogen-bond donors (Lipinski definition) is 1. The van der Waals surface area contributed by atoms with E-state index >= 15 is 0 Å². The van der Waals surface area contributed by atoms with Crippen LogP contribution in [-0.2, 0) is 21.2 Å². The molecule has 5 nitrogen and oxygen atoms in total. The predicted octanol–water partition coefficient (Wildman–Crippen LogP) is 3.34. The third kappa shape index (κ3) is 6.35. The van der Waals surface area contributed by atoms with Crippen molar-refractivity contribution >= 4 is 31.9 Å². The molecule has 1 aromatic carbocycles. The molecular weight excluding hydrogens is 416 g/mol. The van der Waals surface area contributed by atoms with Crippen LogP contribution in [0.25, 0.3) is 0 Å². The number of aryl methyl sites for hydroxylation is 1. The third-order valence-electron chi connectivity index (χ3n) is 4.78. The van der Waals surface area contributed by atoms with Crippen molar-refractivity contribution in [3.05, 3.63) is 34.3 Å². The van der Waals surface area contributed by atoms with Gasteiger partial charge in [0, 0.05) is 23.6 Å². The Labute approximate surface area is 165 Å². The highest BCUT2D eigenvalue weighted by Gasteiger charge is 2.32. The second kappa shape index (κ2) is 9.85. The van der Waals surface area contributed by atoms with E-state index in [1.54, 1.807) is 0 Å². The van der Waals surface area contributed by atoms with Crippen LogP contribution in [0.4, 0.5) is 0 Å². The van der Waals surface area contributed by atoms with E-state index in [1.807, 2.05) is 26.0 Å². The Hall–Kier alpha value is -0.920. The molecule has 1 N–H and O–H groups in total. The van der Waals surface area contributed by atoms with Gasteiger partial charge < -0.3 is 5.32 Å². The third-order valence-corrected chi connectivity index (χ3v) is 7.35. The molecule has 0 aromatic heterocycles. The summed E-state index contributed by atoms with van der Waals surface area (Å²) in [5, 5.41) is 3.07. The Bertz CT molecular complexity index is 691. The van der Waals surface area contributed by atoms with Gasteiger partial charge in [-0.1, -0.05) is 35.0 Å². The fraction of sp³-hybridized carbons (Fsp3) is 0.632. The standard InChI is InChI=1S/C19H29BrN2O3S/c1-3-13-26(24,25)22-12-4-5-17(14-22)19(23)21-15(2)6-7-16-8-10-18(20)11-9-16/h8-11,15,17H,3-7,12-14H2,1-2H3,(H,21,23). The summed E-state index contributed by atoms with van der Waals surface area (Å²) in [6.45, 7) is 4.71. The highest BCUT2D eigenvalue weighted by molar-refractivity contribution is 9.10. The van der Waals surface area contributed by atoms with Crippen LogP contribution in [0.3, 0.4) is 0 Å². The first-order valence-corrected chi connectivity index (χ1v) is 11.7. The molecule has 7 heteroatoms. The van der Waals surface area contributed by atoms with Crippen molar-refractivity contribution in [2.24, 2.45) is 5.92 Å². The van der Waals surface area contributed by atoms with Gasteiger partial charge in [-0.3, -0.25) is 4.79 Å². The van der Waals surface area contributed by atoms with Crippen LogP contribution >= 0.6 is 15.9 Å². The van der Waals surface area contributed by atoms with Crippen LogP contribution in [0.1, 0.15) is 45.1 Å². The van der Waals surface area contributed by atoms with Crippen molar-refractivity contribution in [2.45, 2.75) is 52.0 Å². The number of piperidine rings is 1. The average Bonchev–Trinajstić information content (AvgIpc) is 2.61. The maximum Gasteiger partial charge on any atom is 0.224 e. The SMILES string of the molecule is CCCS(=O)(=O)N1CCCC(C(=O)NC(C)CCc2ccc(Br)cc2)C1. The van der Waals surface area contributed by atoms with Gasteiger partial charge in [-0.05, 0) is 56.7 Å². The van der Waals surface area contributed by atoms with Crippen molar-refractivity contribution in [1.82, 2.24) is 9.62 Å². The lowest BCUT2D eigenvalue weighted by molar-refractivity contribution is -0.126. The largest absolute Gasteiger partial charge is 0.353 e. The minimum Gasteiger partial charge on any atom is -0.353 e. The number of amides is 1. The van der Waals surface area contributed by atoms with Crippen molar-refractivity contribution in [2.75, 3.05) is 18.8 Å². The average molecular weight is 445 g/mol. The number of halogens is 1. The van der Waals surface area contributed by atoms with E-state index < -0.39 is 10.0 Å². The molecule has 1 saturated heterocycles. The first-order chi connectivity index (χ1) is 12.3. The number of sulfonamides is 1. The van der Waals surface area contributed by atoms with Crippen LogP contribution in [0.5, 0.6) is 0 Å². The summed E-state index contributed by atoms with van der Waals surface area (Å²) in [7, 11) is -3.23. The fourth-order valence-electron chi connectivity index (χ4n) is 3.26. The second-order valence-corrected chi connectivity index (χ2v) is 10.1. The zero-order chi connectivity index (χ0) is 19.2. The van der Waals surface area contributed by atoms with Crippen molar-refractivity contribution < 1.29 is 13.2 Å². The fourth-order valence-corrected chi connectivity index (χ4v) is 5.12. The van der Waals surface area contributed by atoms with E-state index in [0.29, 0.717) is 19.5 Å². The summed E-state index contributed by atoms with van der Waals surface area (Å²) in [5.41, 5.74) is 1.24. The quantitative estimate of drug-likeness (QED) is 0.668. The predicted molar refractivity (Wildman–Crippen MR) is 108 cm³/mol. The Balaban J connectivity index is 1.83. The Kier molecular flexibility index (Phi) is 8.10. The van der Waals surface area contributed by atoms with Crippen molar-refractivity contribution in [1.29, 1.82) is 0 Å². The van der Waals surface area contributed by atoms with Crippen LogP contribution in [-0.4, -0.2) is 43.5 Å². The van der Waals surface area contributed by atoms with Gasteiger partial charge in [-0.15, -0.1) is 0 Å². The lowest BCUT2D eigenvalue weighted by Gasteiger charge is -2.31. The summed E-state index contributed by atoms with van der Waals surface area (Å²) < 4.78 is 27.1. The first-order valence-electron chi connectivity index (χ1n) is 9.34. The molecule has 0 radical (unpaired) electrons. The number of carbonyl (C=O) groups excluding carboxylic acids is 1. The van der Waals surface area contributed by atoms with E-state index in [0.717, 1.165) is 30.2 Å². The molecule has 26 heavy (non-hydrogen) atoms. The molecule has 0 spiro atoms. The van der Waals surface area contributed by atoms with E-state index in [4.69, 9.17) is 0 Å².